The topological polar surface area (TPSA) is 38.0 Å². The summed E-state index contributed by atoms with van der Waals surface area (Å²) >= 11 is 0. The lowest BCUT2D eigenvalue weighted by Crippen LogP contribution is -2.35. The molecule has 0 aromatic carbocycles. The first-order valence-corrected chi connectivity index (χ1v) is 7.20. The van der Waals surface area contributed by atoms with Gasteiger partial charge >= 0.3 is 0 Å². The van der Waals surface area contributed by atoms with Crippen molar-refractivity contribution in [2.45, 2.75) is 53.9 Å². The molecule has 2 nitrogen and oxygen atoms in total. The van der Waals surface area contributed by atoms with E-state index in [0.717, 1.165) is 19.0 Å². The van der Waals surface area contributed by atoms with Crippen molar-refractivity contribution in [3.63, 3.8) is 0 Å². The van der Waals surface area contributed by atoms with Crippen LogP contribution in [0.4, 0.5) is 0 Å². The molecule has 1 fully saturated rings. The van der Waals surface area contributed by atoms with E-state index in [-0.39, 0.29) is 0 Å². The minimum Gasteiger partial charge on any atom is -0.330 e. The maximum Gasteiger partial charge on any atom is 0.00104 e. The van der Waals surface area contributed by atoms with Crippen LogP contribution in [0.5, 0.6) is 0 Å². The first kappa shape index (κ1) is 15.0. The lowest BCUT2D eigenvalue weighted by atomic mass is 9.84. The Kier molecular flexibility index (Phi) is 5.03. The maximum atomic E-state index is 5.87. The zero-order valence-corrected chi connectivity index (χ0v) is 12.5. The van der Waals surface area contributed by atoms with Crippen molar-refractivity contribution in [1.82, 2.24) is 5.32 Å². The monoisotopic (exact) mass is 240 g/mol. The molecule has 102 valence electrons. The van der Waals surface area contributed by atoms with E-state index in [9.17, 15) is 0 Å². The molecule has 0 bridgehead atoms. The first-order valence-electron chi connectivity index (χ1n) is 7.20. The Labute approximate surface area is 108 Å². The second kappa shape index (κ2) is 5.71. The average molecular weight is 240 g/mol. The third kappa shape index (κ3) is 4.97. The summed E-state index contributed by atoms with van der Waals surface area (Å²) in [5, 5.41) is 3.66. The fourth-order valence-electron chi connectivity index (χ4n) is 2.75. The molecule has 0 radical (unpaired) electrons. The maximum absolute atomic E-state index is 5.87. The number of hydrogen-bond donors (Lipinski definition) is 2. The third-order valence-electron chi connectivity index (χ3n) is 4.26. The molecule has 0 aromatic rings. The molecular formula is C15H32N2. The quantitative estimate of drug-likeness (QED) is 0.718. The molecule has 0 heterocycles. The van der Waals surface area contributed by atoms with E-state index >= 15 is 0 Å². The van der Waals surface area contributed by atoms with Crippen molar-refractivity contribution in [3.8, 4) is 0 Å². The predicted octanol–water partition coefficient (Wildman–Crippen LogP) is 3.02. The highest BCUT2D eigenvalue weighted by Gasteiger charge is 2.44. The van der Waals surface area contributed by atoms with Crippen LogP contribution in [0.2, 0.25) is 0 Å². The van der Waals surface area contributed by atoms with Gasteiger partial charge in [-0.05, 0) is 55.0 Å². The van der Waals surface area contributed by atoms with Gasteiger partial charge < -0.3 is 11.1 Å². The molecule has 1 aliphatic carbocycles. The summed E-state index contributed by atoms with van der Waals surface area (Å²) in [7, 11) is 0. The van der Waals surface area contributed by atoms with Crippen LogP contribution in [0, 0.1) is 22.7 Å². The van der Waals surface area contributed by atoms with E-state index in [1.54, 1.807) is 0 Å². The Hall–Kier alpha value is -0.0800. The van der Waals surface area contributed by atoms with Crippen molar-refractivity contribution >= 4 is 0 Å². The first-order chi connectivity index (χ1) is 7.79. The van der Waals surface area contributed by atoms with Gasteiger partial charge in [0.15, 0.2) is 0 Å². The van der Waals surface area contributed by atoms with Gasteiger partial charge in [0.25, 0.3) is 0 Å². The third-order valence-corrected chi connectivity index (χ3v) is 4.26. The van der Waals surface area contributed by atoms with E-state index in [1.807, 2.05) is 0 Å². The van der Waals surface area contributed by atoms with Crippen LogP contribution in [-0.2, 0) is 0 Å². The number of rotatable bonds is 7. The second-order valence-corrected chi connectivity index (χ2v) is 7.51. The van der Waals surface area contributed by atoms with Crippen LogP contribution in [0.3, 0.4) is 0 Å². The summed E-state index contributed by atoms with van der Waals surface area (Å²) in [6.07, 6.45) is 4.03. The van der Waals surface area contributed by atoms with Gasteiger partial charge in [-0.25, -0.2) is 0 Å². The van der Waals surface area contributed by atoms with Crippen LogP contribution < -0.4 is 11.1 Å². The largest absolute Gasteiger partial charge is 0.330 e. The normalized spacial score (nSPS) is 20.6. The van der Waals surface area contributed by atoms with Gasteiger partial charge in [-0.15, -0.1) is 0 Å². The van der Waals surface area contributed by atoms with Gasteiger partial charge in [0.1, 0.15) is 0 Å². The summed E-state index contributed by atoms with van der Waals surface area (Å²) < 4.78 is 0. The van der Waals surface area contributed by atoms with Gasteiger partial charge in [0.2, 0.25) is 0 Å². The van der Waals surface area contributed by atoms with Crippen molar-refractivity contribution in [2.24, 2.45) is 28.4 Å². The van der Waals surface area contributed by atoms with Crippen molar-refractivity contribution < 1.29 is 0 Å². The van der Waals surface area contributed by atoms with Crippen LogP contribution in [0.1, 0.15) is 53.9 Å². The molecule has 3 N–H and O–H groups in total. The van der Waals surface area contributed by atoms with E-state index in [2.05, 4.69) is 39.9 Å². The van der Waals surface area contributed by atoms with Crippen LogP contribution in [-0.4, -0.2) is 19.6 Å². The fraction of sp³-hybridized carbons (Fsp3) is 1.00. The van der Waals surface area contributed by atoms with Crippen LogP contribution >= 0.6 is 0 Å². The van der Waals surface area contributed by atoms with Gasteiger partial charge in [0.05, 0.1) is 0 Å². The number of nitrogens with two attached hydrogens (primary N) is 1. The van der Waals surface area contributed by atoms with Crippen molar-refractivity contribution in [3.05, 3.63) is 0 Å². The summed E-state index contributed by atoms with van der Waals surface area (Å²) in [6.45, 7) is 14.7. The molecule has 1 saturated carbocycles. The molecule has 1 aliphatic rings. The highest BCUT2D eigenvalue weighted by molar-refractivity contribution is 4.97. The molecule has 1 rings (SSSR count). The summed E-state index contributed by atoms with van der Waals surface area (Å²) in [6, 6.07) is 0. The van der Waals surface area contributed by atoms with Crippen LogP contribution in [0.15, 0.2) is 0 Å². The SMILES string of the molecule is CC(C)C1(CNCC(CN)CC(C)(C)C)CC1. The van der Waals surface area contributed by atoms with E-state index < -0.39 is 0 Å². The summed E-state index contributed by atoms with van der Waals surface area (Å²) in [4.78, 5) is 0. The summed E-state index contributed by atoms with van der Waals surface area (Å²) in [5.41, 5.74) is 6.87. The lowest BCUT2D eigenvalue weighted by Gasteiger charge is -2.27. The molecule has 0 spiro atoms. The molecule has 0 aromatic heterocycles. The number of nitrogens with one attached hydrogen (secondary N) is 1. The smallest absolute Gasteiger partial charge is 0.00104 e. The molecular weight excluding hydrogens is 208 g/mol. The minimum atomic E-state index is 0.390. The average Bonchev–Trinajstić information content (AvgIpc) is 2.95. The zero-order chi connectivity index (χ0) is 13.1. The van der Waals surface area contributed by atoms with E-state index in [4.69, 9.17) is 5.73 Å². The zero-order valence-electron chi connectivity index (χ0n) is 12.5. The molecule has 1 unspecified atom stereocenters. The Bertz CT molecular complexity index is 224. The standard InChI is InChI=1S/C15H32N2/c1-12(2)15(6-7-15)11-17-10-13(9-16)8-14(3,4)5/h12-13,17H,6-11,16H2,1-5H3. The molecule has 0 aliphatic heterocycles. The van der Waals surface area contributed by atoms with Crippen molar-refractivity contribution in [1.29, 1.82) is 0 Å². The molecule has 1 atom stereocenters. The lowest BCUT2D eigenvalue weighted by molar-refractivity contribution is 0.273. The molecule has 0 amide bonds. The fourth-order valence-corrected chi connectivity index (χ4v) is 2.75. The Morgan fingerprint density at radius 3 is 2.18 bits per heavy atom. The Morgan fingerprint density at radius 1 is 1.24 bits per heavy atom. The van der Waals surface area contributed by atoms with Crippen molar-refractivity contribution in [2.75, 3.05) is 19.6 Å². The van der Waals surface area contributed by atoms with E-state index in [0.29, 0.717) is 16.7 Å². The Balaban J connectivity index is 2.25. The highest BCUT2D eigenvalue weighted by Crippen LogP contribution is 2.51. The number of hydrogen-bond acceptors (Lipinski definition) is 2. The molecule has 0 saturated heterocycles. The minimum absolute atomic E-state index is 0.390. The van der Waals surface area contributed by atoms with Crippen LogP contribution in [0.25, 0.3) is 0 Å². The van der Waals surface area contributed by atoms with Gasteiger partial charge in [-0.2, -0.15) is 0 Å². The van der Waals surface area contributed by atoms with Gasteiger partial charge in [-0.1, -0.05) is 34.6 Å². The van der Waals surface area contributed by atoms with E-state index in [1.165, 1.54) is 25.8 Å². The van der Waals surface area contributed by atoms with Gasteiger partial charge in [0, 0.05) is 6.54 Å². The van der Waals surface area contributed by atoms with Gasteiger partial charge in [-0.3, -0.25) is 0 Å². The Morgan fingerprint density at radius 2 is 1.82 bits per heavy atom. The second-order valence-electron chi connectivity index (χ2n) is 7.51. The highest BCUT2D eigenvalue weighted by atomic mass is 14.9. The molecule has 17 heavy (non-hydrogen) atoms. The predicted molar refractivity (Wildman–Crippen MR) is 76.0 cm³/mol. The summed E-state index contributed by atoms with van der Waals surface area (Å²) in [5.74, 6) is 1.44. The molecule has 2 heteroatoms.